The van der Waals surface area contributed by atoms with Gasteiger partial charge < -0.3 is 11.1 Å². The van der Waals surface area contributed by atoms with Crippen LogP contribution in [0.5, 0.6) is 0 Å². The number of nitrogens with two attached hydrogens (primary N) is 1. The van der Waals surface area contributed by atoms with Crippen LogP contribution in [0.15, 0.2) is 30.3 Å². The van der Waals surface area contributed by atoms with E-state index in [0.717, 1.165) is 12.1 Å². The molecule has 0 saturated heterocycles. The van der Waals surface area contributed by atoms with Crippen LogP contribution in [0.3, 0.4) is 0 Å². The number of nitrogens with one attached hydrogen (secondary N) is 1. The van der Waals surface area contributed by atoms with Crippen LogP contribution >= 0.6 is 12.4 Å². The van der Waals surface area contributed by atoms with Gasteiger partial charge >= 0.3 is 0 Å². The van der Waals surface area contributed by atoms with Gasteiger partial charge in [0.15, 0.2) is 0 Å². The number of carbonyl (C=O) groups is 1. The number of hydrogen-bond donors (Lipinski definition) is 2. The summed E-state index contributed by atoms with van der Waals surface area (Å²) in [5.41, 5.74) is 7.04. The molecule has 0 aliphatic heterocycles. The molecule has 1 aromatic rings. The number of carbonyl (C=O) groups excluding carboxylic acids is 1. The summed E-state index contributed by atoms with van der Waals surface area (Å²) >= 11 is 0. The molecule has 3 N–H and O–H groups in total. The second kappa shape index (κ2) is 8.18. The summed E-state index contributed by atoms with van der Waals surface area (Å²) in [5.74, 6) is 0.750. The molecule has 1 aliphatic carbocycles. The van der Waals surface area contributed by atoms with Gasteiger partial charge in [0, 0.05) is 19.0 Å². The van der Waals surface area contributed by atoms with Crippen LogP contribution in [-0.4, -0.2) is 12.5 Å². The number of benzene rings is 1. The van der Waals surface area contributed by atoms with E-state index in [1.54, 1.807) is 0 Å². The van der Waals surface area contributed by atoms with Crippen LogP contribution in [-0.2, 0) is 4.79 Å². The minimum Gasteiger partial charge on any atom is -0.356 e. The predicted molar refractivity (Wildman–Crippen MR) is 80.2 cm³/mol. The fraction of sp³-hybridized carbons (Fsp3) is 0.533. The summed E-state index contributed by atoms with van der Waals surface area (Å²) < 4.78 is 0. The molecule has 106 valence electrons. The molecule has 19 heavy (non-hydrogen) atoms. The fourth-order valence-electron chi connectivity index (χ4n) is 2.56. The molecule has 0 heterocycles. The Morgan fingerprint density at radius 3 is 2.53 bits per heavy atom. The predicted octanol–water partition coefficient (Wildman–Crippen LogP) is 2.80. The summed E-state index contributed by atoms with van der Waals surface area (Å²) in [6.07, 6.45) is 5.50. The number of rotatable bonds is 5. The smallest absolute Gasteiger partial charge is 0.221 e. The quantitative estimate of drug-likeness (QED) is 0.872. The third-order valence-electron chi connectivity index (χ3n) is 3.70. The highest BCUT2D eigenvalue weighted by Gasteiger charge is 2.17. The van der Waals surface area contributed by atoms with E-state index in [2.05, 4.69) is 5.32 Å². The van der Waals surface area contributed by atoms with Crippen molar-refractivity contribution < 1.29 is 4.79 Å². The van der Waals surface area contributed by atoms with Crippen LogP contribution < -0.4 is 11.1 Å². The van der Waals surface area contributed by atoms with Crippen LogP contribution in [0.25, 0.3) is 0 Å². The van der Waals surface area contributed by atoms with Crippen LogP contribution in [0.1, 0.15) is 43.7 Å². The van der Waals surface area contributed by atoms with Gasteiger partial charge in [-0.25, -0.2) is 0 Å². The Labute approximate surface area is 121 Å². The molecule has 1 unspecified atom stereocenters. The molecular weight excluding hydrogens is 260 g/mol. The summed E-state index contributed by atoms with van der Waals surface area (Å²) in [4.78, 5) is 11.8. The normalized spacial score (nSPS) is 16.7. The number of hydrogen-bond acceptors (Lipinski definition) is 2. The molecule has 2 rings (SSSR count). The highest BCUT2D eigenvalue weighted by atomic mass is 35.5. The Morgan fingerprint density at radius 2 is 1.89 bits per heavy atom. The molecule has 1 saturated carbocycles. The van der Waals surface area contributed by atoms with E-state index in [9.17, 15) is 4.79 Å². The molecule has 1 aliphatic rings. The monoisotopic (exact) mass is 282 g/mol. The highest BCUT2D eigenvalue weighted by molar-refractivity contribution is 5.85. The molecule has 0 bridgehead atoms. The first-order chi connectivity index (χ1) is 8.75. The molecule has 1 aromatic carbocycles. The molecule has 4 heteroatoms. The van der Waals surface area contributed by atoms with E-state index in [-0.39, 0.29) is 24.4 Å². The van der Waals surface area contributed by atoms with Crippen molar-refractivity contribution >= 4 is 18.3 Å². The van der Waals surface area contributed by atoms with Gasteiger partial charge in [0.25, 0.3) is 0 Å². The Morgan fingerprint density at radius 1 is 1.26 bits per heavy atom. The molecule has 0 spiro atoms. The Bertz CT molecular complexity index is 377. The SMILES string of the molecule is Cl.NC(CC(=O)NCC1CCCC1)c1ccccc1. The van der Waals surface area contributed by atoms with Gasteiger partial charge in [-0.3, -0.25) is 4.79 Å². The second-order valence-corrected chi connectivity index (χ2v) is 5.18. The zero-order chi connectivity index (χ0) is 12.8. The van der Waals surface area contributed by atoms with Crippen molar-refractivity contribution in [3.05, 3.63) is 35.9 Å². The van der Waals surface area contributed by atoms with Crippen LogP contribution in [0, 0.1) is 5.92 Å². The van der Waals surface area contributed by atoms with Crippen molar-refractivity contribution in [3.63, 3.8) is 0 Å². The molecule has 3 nitrogen and oxygen atoms in total. The molecule has 0 aromatic heterocycles. The topological polar surface area (TPSA) is 55.1 Å². The molecule has 1 amide bonds. The van der Waals surface area contributed by atoms with E-state index in [1.165, 1.54) is 25.7 Å². The average molecular weight is 283 g/mol. The zero-order valence-corrected chi connectivity index (χ0v) is 12.0. The maximum atomic E-state index is 11.8. The fourth-order valence-corrected chi connectivity index (χ4v) is 2.56. The largest absolute Gasteiger partial charge is 0.356 e. The lowest BCUT2D eigenvalue weighted by molar-refractivity contribution is -0.121. The van der Waals surface area contributed by atoms with Gasteiger partial charge in [0.1, 0.15) is 0 Å². The Kier molecular flexibility index (Phi) is 6.89. The summed E-state index contributed by atoms with van der Waals surface area (Å²) in [5, 5.41) is 3.01. The van der Waals surface area contributed by atoms with Crippen LogP contribution in [0.2, 0.25) is 0 Å². The van der Waals surface area contributed by atoms with Crippen molar-refractivity contribution in [2.45, 2.75) is 38.1 Å². The van der Waals surface area contributed by atoms with Gasteiger partial charge in [-0.05, 0) is 24.3 Å². The van der Waals surface area contributed by atoms with Gasteiger partial charge in [-0.1, -0.05) is 43.2 Å². The first-order valence-electron chi connectivity index (χ1n) is 6.83. The third kappa shape index (κ3) is 5.21. The van der Waals surface area contributed by atoms with Crippen molar-refractivity contribution in [3.8, 4) is 0 Å². The van der Waals surface area contributed by atoms with Gasteiger partial charge in [-0.15, -0.1) is 12.4 Å². The first-order valence-corrected chi connectivity index (χ1v) is 6.83. The number of halogens is 1. The van der Waals surface area contributed by atoms with E-state index in [4.69, 9.17) is 5.73 Å². The van der Waals surface area contributed by atoms with Crippen molar-refractivity contribution in [2.24, 2.45) is 11.7 Å². The standard InChI is InChI=1S/C15H22N2O.ClH/c16-14(13-8-2-1-3-9-13)10-15(18)17-11-12-6-4-5-7-12;/h1-3,8-9,12,14H,4-7,10-11,16H2,(H,17,18);1H. The Balaban J connectivity index is 0.00000180. The van der Waals surface area contributed by atoms with Gasteiger partial charge in [0.2, 0.25) is 5.91 Å². The van der Waals surface area contributed by atoms with Gasteiger partial charge in [0.05, 0.1) is 0 Å². The van der Waals surface area contributed by atoms with Crippen molar-refractivity contribution in [1.82, 2.24) is 5.32 Å². The maximum Gasteiger partial charge on any atom is 0.221 e. The molecule has 0 radical (unpaired) electrons. The van der Waals surface area contributed by atoms with E-state index in [0.29, 0.717) is 12.3 Å². The third-order valence-corrected chi connectivity index (χ3v) is 3.70. The molecule has 1 fully saturated rings. The van der Waals surface area contributed by atoms with Crippen molar-refractivity contribution in [2.75, 3.05) is 6.54 Å². The lowest BCUT2D eigenvalue weighted by Crippen LogP contribution is -2.31. The zero-order valence-electron chi connectivity index (χ0n) is 11.2. The highest BCUT2D eigenvalue weighted by Crippen LogP contribution is 2.23. The maximum absolute atomic E-state index is 11.8. The minimum atomic E-state index is -0.199. The van der Waals surface area contributed by atoms with E-state index in [1.807, 2.05) is 30.3 Å². The first kappa shape index (κ1) is 16.0. The van der Waals surface area contributed by atoms with E-state index < -0.39 is 0 Å². The van der Waals surface area contributed by atoms with Crippen molar-refractivity contribution in [1.29, 1.82) is 0 Å². The second-order valence-electron chi connectivity index (χ2n) is 5.18. The number of amides is 1. The summed E-state index contributed by atoms with van der Waals surface area (Å²) in [7, 11) is 0. The summed E-state index contributed by atoms with van der Waals surface area (Å²) in [6.45, 7) is 0.820. The minimum absolute atomic E-state index is 0. The Hall–Kier alpha value is -1.06. The van der Waals surface area contributed by atoms with Crippen LogP contribution in [0.4, 0.5) is 0 Å². The summed E-state index contributed by atoms with van der Waals surface area (Å²) in [6, 6.07) is 9.59. The lowest BCUT2D eigenvalue weighted by atomic mass is 10.0. The molecule has 1 atom stereocenters. The average Bonchev–Trinajstić information content (AvgIpc) is 2.90. The van der Waals surface area contributed by atoms with E-state index >= 15 is 0 Å². The lowest BCUT2D eigenvalue weighted by Gasteiger charge is -2.14. The van der Waals surface area contributed by atoms with Gasteiger partial charge in [-0.2, -0.15) is 0 Å². The molecular formula is C15H23ClN2O.